The quantitative estimate of drug-likeness (QED) is 0.702. The number of halogens is 1. The van der Waals surface area contributed by atoms with Gasteiger partial charge in [0.05, 0.1) is 16.8 Å². The molecule has 2 N–H and O–H groups in total. The molecule has 0 spiro atoms. The number of nitrogens with one attached hydrogen (secondary N) is 2. The fourth-order valence-corrected chi connectivity index (χ4v) is 3.89. The average molecular weight is 391 g/mol. The molecule has 6 nitrogen and oxygen atoms in total. The smallest absolute Gasteiger partial charge is 0.261 e. The molecule has 1 amide bonds. The Balaban J connectivity index is 1.86. The minimum atomic E-state index is -0.214. The maximum absolute atomic E-state index is 12.6. The van der Waals surface area contributed by atoms with E-state index in [2.05, 4.69) is 15.3 Å². The second kappa shape index (κ2) is 7.57. The number of carbonyl (C=O) groups is 1. The summed E-state index contributed by atoms with van der Waals surface area (Å²) in [5.74, 6) is 0.371. The zero-order valence-electron chi connectivity index (χ0n) is 14.7. The highest BCUT2D eigenvalue weighted by atomic mass is 35.5. The summed E-state index contributed by atoms with van der Waals surface area (Å²) >= 11 is 7.11. The Kier molecular flexibility index (Phi) is 5.41. The molecule has 0 atom stereocenters. The third kappa shape index (κ3) is 3.95. The van der Waals surface area contributed by atoms with E-state index in [9.17, 15) is 9.59 Å². The molecule has 0 fully saturated rings. The molecule has 136 valence electrons. The Morgan fingerprint density at radius 1 is 1.31 bits per heavy atom. The number of aryl methyl sites for hydroxylation is 1. The summed E-state index contributed by atoms with van der Waals surface area (Å²) < 4.78 is 0. The lowest BCUT2D eigenvalue weighted by molar-refractivity contribution is 0.0954. The molecular weight excluding hydrogens is 372 g/mol. The molecule has 0 aliphatic heterocycles. The highest BCUT2D eigenvalue weighted by molar-refractivity contribution is 7.20. The van der Waals surface area contributed by atoms with Crippen LogP contribution in [0.2, 0.25) is 5.02 Å². The second-order valence-corrected chi connectivity index (χ2v) is 7.73. The molecule has 0 radical (unpaired) electrons. The first-order valence-electron chi connectivity index (χ1n) is 8.05. The van der Waals surface area contributed by atoms with Gasteiger partial charge in [0.1, 0.15) is 10.7 Å². The number of aromatic amines is 1. The van der Waals surface area contributed by atoms with Crippen molar-refractivity contribution < 1.29 is 4.79 Å². The van der Waals surface area contributed by atoms with Crippen molar-refractivity contribution in [1.82, 2.24) is 20.2 Å². The summed E-state index contributed by atoms with van der Waals surface area (Å²) in [5, 5.41) is 4.02. The van der Waals surface area contributed by atoms with Crippen molar-refractivity contribution in [2.45, 2.75) is 20.0 Å². The molecule has 3 aromatic rings. The highest BCUT2D eigenvalue weighted by Crippen LogP contribution is 2.27. The Morgan fingerprint density at radius 2 is 2.00 bits per heavy atom. The Labute approximate surface area is 159 Å². The van der Waals surface area contributed by atoms with Crippen LogP contribution in [0.5, 0.6) is 0 Å². The summed E-state index contributed by atoms with van der Waals surface area (Å²) in [7, 11) is 3.80. The molecule has 0 saturated carbocycles. The van der Waals surface area contributed by atoms with E-state index >= 15 is 0 Å². The number of carbonyl (C=O) groups excluding carboxylic acids is 1. The minimum absolute atomic E-state index is 0.211. The third-order valence-electron chi connectivity index (χ3n) is 3.89. The van der Waals surface area contributed by atoms with Crippen molar-refractivity contribution in [3.05, 3.63) is 61.5 Å². The maximum Gasteiger partial charge on any atom is 0.261 e. The third-order valence-corrected chi connectivity index (χ3v) is 5.32. The zero-order chi connectivity index (χ0) is 18.8. The molecule has 0 aliphatic carbocycles. The largest absolute Gasteiger partial charge is 0.347 e. The van der Waals surface area contributed by atoms with Gasteiger partial charge < -0.3 is 15.2 Å². The number of H-pyrrole nitrogens is 1. The number of hydrogen-bond acceptors (Lipinski definition) is 5. The number of rotatable bonds is 5. The maximum atomic E-state index is 12.6. The number of nitrogens with zero attached hydrogens (tertiary/aromatic N) is 2. The number of fused-ring (bicyclic) bond motifs is 1. The van der Waals surface area contributed by atoms with E-state index in [-0.39, 0.29) is 11.5 Å². The predicted octanol–water partition coefficient (Wildman–Crippen LogP) is 2.94. The van der Waals surface area contributed by atoms with E-state index in [1.165, 1.54) is 11.3 Å². The molecular formula is C18H19ClN4O2S. The van der Waals surface area contributed by atoms with Gasteiger partial charge in [0.2, 0.25) is 0 Å². The highest BCUT2D eigenvalue weighted by Gasteiger charge is 2.19. The van der Waals surface area contributed by atoms with Crippen molar-refractivity contribution in [3.8, 4) is 0 Å². The number of amides is 1. The molecule has 0 bridgehead atoms. The first-order chi connectivity index (χ1) is 12.3. The molecule has 8 heteroatoms. The fraction of sp³-hybridized carbons (Fsp3) is 0.278. The van der Waals surface area contributed by atoms with Crippen LogP contribution >= 0.6 is 22.9 Å². The summed E-state index contributed by atoms with van der Waals surface area (Å²) in [4.78, 5) is 35.3. The van der Waals surface area contributed by atoms with Crippen molar-refractivity contribution in [2.75, 3.05) is 14.1 Å². The van der Waals surface area contributed by atoms with Gasteiger partial charge in [0.15, 0.2) is 0 Å². The monoisotopic (exact) mass is 390 g/mol. The van der Waals surface area contributed by atoms with Crippen LogP contribution in [0.15, 0.2) is 29.1 Å². The van der Waals surface area contributed by atoms with Gasteiger partial charge in [-0.2, -0.15) is 0 Å². The van der Waals surface area contributed by atoms with E-state index in [1.54, 1.807) is 19.1 Å². The van der Waals surface area contributed by atoms with Crippen LogP contribution in [0.3, 0.4) is 0 Å². The Bertz CT molecular complexity index is 1010. The number of benzene rings is 1. The first-order valence-corrected chi connectivity index (χ1v) is 9.24. The van der Waals surface area contributed by atoms with Gasteiger partial charge in [0.25, 0.3) is 11.5 Å². The Morgan fingerprint density at radius 3 is 2.65 bits per heavy atom. The topological polar surface area (TPSA) is 78.1 Å². The van der Waals surface area contributed by atoms with Crippen LogP contribution in [0.25, 0.3) is 10.2 Å². The van der Waals surface area contributed by atoms with E-state index in [0.29, 0.717) is 44.6 Å². The van der Waals surface area contributed by atoms with Crippen LogP contribution in [0.1, 0.15) is 26.6 Å². The lowest BCUT2D eigenvalue weighted by Gasteiger charge is -2.07. The van der Waals surface area contributed by atoms with Gasteiger partial charge in [0, 0.05) is 11.6 Å². The lowest BCUT2D eigenvalue weighted by Crippen LogP contribution is -2.22. The molecule has 0 saturated heterocycles. The van der Waals surface area contributed by atoms with Crippen molar-refractivity contribution in [2.24, 2.45) is 0 Å². The standard InChI is InChI=1S/C18H19ClN4O2S/c1-10-14-16(24)21-13(9-23(2)3)22-18(14)26-15(10)17(25)20-8-11-4-6-12(19)7-5-11/h4-7H,8-9H2,1-3H3,(H,20,25)(H,21,22,24). The summed E-state index contributed by atoms with van der Waals surface area (Å²) in [5.41, 5.74) is 1.40. The normalized spacial score (nSPS) is 11.3. The van der Waals surface area contributed by atoms with Gasteiger partial charge >= 0.3 is 0 Å². The number of aromatic nitrogens is 2. The fourth-order valence-electron chi connectivity index (χ4n) is 2.64. The van der Waals surface area contributed by atoms with Gasteiger partial charge in [-0.3, -0.25) is 9.59 Å². The van der Waals surface area contributed by atoms with E-state index in [4.69, 9.17) is 11.6 Å². The van der Waals surface area contributed by atoms with E-state index in [0.717, 1.165) is 5.56 Å². The van der Waals surface area contributed by atoms with E-state index in [1.807, 2.05) is 31.1 Å². The minimum Gasteiger partial charge on any atom is -0.347 e. The van der Waals surface area contributed by atoms with Crippen LogP contribution in [0, 0.1) is 6.92 Å². The van der Waals surface area contributed by atoms with Crippen molar-refractivity contribution in [3.63, 3.8) is 0 Å². The summed E-state index contributed by atoms with van der Waals surface area (Å²) in [6.07, 6.45) is 0. The first kappa shape index (κ1) is 18.6. The van der Waals surface area contributed by atoms with Crippen molar-refractivity contribution in [1.29, 1.82) is 0 Å². The second-order valence-electron chi connectivity index (χ2n) is 6.30. The number of hydrogen-bond donors (Lipinski definition) is 2. The summed E-state index contributed by atoms with van der Waals surface area (Å²) in [6.45, 7) is 2.69. The number of thiophene rings is 1. The van der Waals surface area contributed by atoms with Crippen molar-refractivity contribution >= 4 is 39.1 Å². The van der Waals surface area contributed by atoms with Crippen LogP contribution < -0.4 is 10.9 Å². The van der Waals surface area contributed by atoms with E-state index < -0.39 is 0 Å². The molecule has 2 heterocycles. The zero-order valence-corrected chi connectivity index (χ0v) is 16.3. The van der Waals surface area contributed by atoms with Crippen LogP contribution in [0.4, 0.5) is 0 Å². The van der Waals surface area contributed by atoms with Gasteiger partial charge in [-0.1, -0.05) is 23.7 Å². The predicted molar refractivity (Wildman–Crippen MR) is 105 cm³/mol. The molecule has 26 heavy (non-hydrogen) atoms. The molecule has 0 unspecified atom stereocenters. The molecule has 3 rings (SSSR count). The Hall–Kier alpha value is -2.22. The van der Waals surface area contributed by atoms with Gasteiger partial charge in [-0.25, -0.2) is 4.98 Å². The summed E-state index contributed by atoms with van der Waals surface area (Å²) in [6, 6.07) is 7.29. The lowest BCUT2D eigenvalue weighted by atomic mass is 10.2. The molecule has 1 aromatic carbocycles. The van der Waals surface area contributed by atoms with Gasteiger partial charge in [-0.15, -0.1) is 11.3 Å². The SMILES string of the molecule is Cc1c(C(=O)NCc2ccc(Cl)cc2)sc2nc(CN(C)C)[nH]c(=O)c12. The van der Waals surface area contributed by atoms with Gasteiger partial charge in [-0.05, 0) is 44.3 Å². The van der Waals surface area contributed by atoms with Crippen LogP contribution in [-0.4, -0.2) is 34.9 Å². The molecule has 2 aromatic heterocycles. The van der Waals surface area contributed by atoms with Crippen LogP contribution in [-0.2, 0) is 13.1 Å². The molecule has 0 aliphatic rings. The average Bonchev–Trinajstić information content (AvgIpc) is 2.90.